The summed E-state index contributed by atoms with van der Waals surface area (Å²) in [5.74, 6) is -0.410. The molecule has 0 aliphatic carbocycles. The summed E-state index contributed by atoms with van der Waals surface area (Å²) in [5.41, 5.74) is 4.49. The molecule has 0 spiro atoms. The standard InChI is InChI=1S/C40H46N4O4/c1-29(31-15-9-7-10-16-31)41-39(47)33-21-25-35(26-22-33)43-37(45)19-13-5-3-4-6-14-20-38(46)44-36-27-23-34(24-28-36)40(48)42-30(2)32-17-11-8-12-18-32/h7-12,15-18,21-30H,3-6,13-14,19-20H2,1-2H3,(H,41,47)(H,42,48)(H,43,45)(H,44,46). The van der Waals surface area contributed by atoms with E-state index in [1.54, 1.807) is 48.5 Å². The minimum Gasteiger partial charge on any atom is -0.346 e. The van der Waals surface area contributed by atoms with E-state index >= 15 is 0 Å². The van der Waals surface area contributed by atoms with E-state index in [1.165, 1.54) is 0 Å². The summed E-state index contributed by atoms with van der Waals surface area (Å²) < 4.78 is 0. The average Bonchev–Trinajstić information content (AvgIpc) is 3.10. The van der Waals surface area contributed by atoms with E-state index in [-0.39, 0.29) is 35.7 Å². The van der Waals surface area contributed by atoms with Crippen LogP contribution in [0.15, 0.2) is 109 Å². The third kappa shape index (κ3) is 11.8. The van der Waals surface area contributed by atoms with Crippen molar-refractivity contribution in [3.8, 4) is 0 Å². The zero-order valence-electron chi connectivity index (χ0n) is 27.8. The zero-order valence-corrected chi connectivity index (χ0v) is 27.8. The first-order valence-electron chi connectivity index (χ1n) is 16.8. The number of carbonyl (C=O) groups excluding carboxylic acids is 4. The first-order chi connectivity index (χ1) is 23.3. The van der Waals surface area contributed by atoms with Gasteiger partial charge in [0.25, 0.3) is 11.8 Å². The third-order valence-electron chi connectivity index (χ3n) is 8.21. The fraction of sp³-hybridized carbons (Fsp3) is 0.300. The van der Waals surface area contributed by atoms with Crippen molar-refractivity contribution in [2.75, 3.05) is 10.6 Å². The summed E-state index contributed by atoms with van der Waals surface area (Å²) in [6.07, 6.45) is 6.37. The van der Waals surface area contributed by atoms with Crippen molar-refractivity contribution in [3.63, 3.8) is 0 Å². The fourth-order valence-electron chi connectivity index (χ4n) is 5.35. The highest BCUT2D eigenvalue weighted by Gasteiger charge is 2.13. The molecule has 4 amide bonds. The van der Waals surface area contributed by atoms with Gasteiger partial charge in [0.1, 0.15) is 0 Å². The molecule has 2 unspecified atom stereocenters. The van der Waals surface area contributed by atoms with Gasteiger partial charge in [0.15, 0.2) is 0 Å². The highest BCUT2D eigenvalue weighted by molar-refractivity contribution is 5.97. The van der Waals surface area contributed by atoms with Crippen LogP contribution in [-0.2, 0) is 9.59 Å². The SMILES string of the molecule is CC(NC(=O)c1ccc(NC(=O)CCCCCCCCC(=O)Nc2ccc(C(=O)NC(C)c3ccccc3)cc2)cc1)c1ccccc1. The van der Waals surface area contributed by atoms with Gasteiger partial charge < -0.3 is 21.3 Å². The van der Waals surface area contributed by atoms with Gasteiger partial charge in [0.05, 0.1) is 12.1 Å². The Kier molecular flexibility index (Phi) is 13.9. The molecule has 0 bridgehead atoms. The second-order valence-electron chi connectivity index (χ2n) is 12.1. The number of carbonyl (C=O) groups is 4. The smallest absolute Gasteiger partial charge is 0.251 e. The molecular weight excluding hydrogens is 600 g/mol. The van der Waals surface area contributed by atoms with Crippen molar-refractivity contribution in [1.82, 2.24) is 10.6 Å². The van der Waals surface area contributed by atoms with Crippen LogP contribution in [0.2, 0.25) is 0 Å². The number of hydrogen-bond donors (Lipinski definition) is 4. The summed E-state index contributed by atoms with van der Waals surface area (Å²) in [4.78, 5) is 50.0. The van der Waals surface area contributed by atoms with Crippen molar-refractivity contribution in [1.29, 1.82) is 0 Å². The summed E-state index contributed by atoms with van der Waals surface area (Å²) in [6, 6.07) is 33.2. The predicted molar refractivity (Wildman–Crippen MR) is 192 cm³/mol. The molecule has 0 aliphatic heterocycles. The van der Waals surface area contributed by atoms with Gasteiger partial charge >= 0.3 is 0 Å². The second kappa shape index (κ2) is 18.8. The monoisotopic (exact) mass is 646 g/mol. The molecule has 4 N–H and O–H groups in total. The van der Waals surface area contributed by atoms with E-state index in [9.17, 15) is 19.2 Å². The summed E-state index contributed by atoms with van der Waals surface area (Å²) in [7, 11) is 0. The van der Waals surface area contributed by atoms with Crippen LogP contribution in [0.3, 0.4) is 0 Å². The summed E-state index contributed by atoms with van der Waals surface area (Å²) >= 11 is 0. The number of rotatable bonds is 17. The maximum atomic E-state index is 12.6. The zero-order chi connectivity index (χ0) is 34.1. The number of benzene rings is 4. The molecule has 0 saturated heterocycles. The maximum Gasteiger partial charge on any atom is 0.251 e. The number of amides is 4. The van der Waals surface area contributed by atoms with Gasteiger partial charge in [-0.2, -0.15) is 0 Å². The van der Waals surface area contributed by atoms with E-state index in [2.05, 4.69) is 21.3 Å². The molecule has 0 aliphatic rings. The molecule has 0 aromatic heterocycles. The van der Waals surface area contributed by atoms with Gasteiger partial charge in [-0.05, 0) is 86.3 Å². The third-order valence-corrected chi connectivity index (χ3v) is 8.21. The van der Waals surface area contributed by atoms with Crippen LogP contribution in [0.25, 0.3) is 0 Å². The van der Waals surface area contributed by atoms with Gasteiger partial charge in [0.2, 0.25) is 11.8 Å². The maximum absolute atomic E-state index is 12.6. The van der Waals surface area contributed by atoms with Gasteiger partial charge in [-0.1, -0.05) is 86.3 Å². The van der Waals surface area contributed by atoms with Gasteiger partial charge in [-0.3, -0.25) is 19.2 Å². The Labute approximate surface area is 283 Å². The van der Waals surface area contributed by atoms with Crippen molar-refractivity contribution in [2.45, 2.75) is 77.3 Å². The number of hydrogen-bond acceptors (Lipinski definition) is 4. The number of nitrogens with one attached hydrogen (secondary N) is 4. The normalized spacial score (nSPS) is 12.0. The molecule has 0 fully saturated rings. The van der Waals surface area contributed by atoms with Crippen molar-refractivity contribution >= 4 is 35.0 Å². The van der Waals surface area contributed by atoms with E-state index in [1.807, 2.05) is 74.5 Å². The van der Waals surface area contributed by atoms with Crippen molar-refractivity contribution in [3.05, 3.63) is 131 Å². The lowest BCUT2D eigenvalue weighted by Gasteiger charge is -2.14. The lowest BCUT2D eigenvalue weighted by atomic mass is 10.1. The average molecular weight is 647 g/mol. The second-order valence-corrected chi connectivity index (χ2v) is 12.1. The Balaban J connectivity index is 1.03. The molecule has 8 nitrogen and oxygen atoms in total. The van der Waals surface area contributed by atoms with E-state index < -0.39 is 0 Å². The molecule has 4 aromatic rings. The molecule has 8 heteroatoms. The molecule has 0 heterocycles. The van der Waals surface area contributed by atoms with E-state index in [0.717, 1.165) is 49.7 Å². The first kappa shape index (κ1) is 35.6. The summed E-state index contributed by atoms with van der Waals surface area (Å²) in [6.45, 7) is 3.89. The van der Waals surface area contributed by atoms with Crippen LogP contribution < -0.4 is 21.3 Å². The molecule has 2 atom stereocenters. The van der Waals surface area contributed by atoms with Gasteiger partial charge in [0, 0.05) is 35.3 Å². The van der Waals surface area contributed by atoms with Crippen molar-refractivity contribution < 1.29 is 19.2 Å². The van der Waals surface area contributed by atoms with Crippen LogP contribution in [-0.4, -0.2) is 23.6 Å². The largest absolute Gasteiger partial charge is 0.346 e. The molecule has 0 radical (unpaired) electrons. The number of unbranched alkanes of at least 4 members (excludes halogenated alkanes) is 5. The fourth-order valence-corrected chi connectivity index (χ4v) is 5.35. The highest BCUT2D eigenvalue weighted by Crippen LogP contribution is 2.17. The predicted octanol–water partition coefficient (Wildman–Crippen LogP) is 8.37. The van der Waals surface area contributed by atoms with E-state index in [0.29, 0.717) is 35.3 Å². The van der Waals surface area contributed by atoms with Gasteiger partial charge in [-0.15, -0.1) is 0 Å². The topological polar surface area (TPSA) is 116 Å². The summed E-state index contributed by atoms with van der Waals surface area (Å²) in [5, 5.41) is 11.8. The molecule has 4 rings (SSSR count). The van der Waals surface area contributed by atoms with Crippen LogP contribution in [0.1, 0.15) is 109 Å². The Bertz CT molecular complexity index is 1480. The Morgan fingerprint density at radius 2 is 0.792 bits per heavy atom. The Morgan fingerprint density at radius 3 is 1.15 bits per heavy atom. The molecule has 48 heavy (non-hydrogen) atoms. The van der Waals surface area contributed by atoms with Crippen LogP contribution in [0.4, 0.5) is 11.4 Å². The molecular formula is C40H46N4O4. The first-order valence-corrected chi connectivity index (χ1v) is 16.8. The van der Waals surface area contributed by atoms with Gasteiger partial charge in [-0.25, -0.2) is 0 Å². The molecule has 250 valence electrons. The van der Waals surface area contributed by atoms with Crippen LogP contribution in [0, 0.1) is 0 Å². The van der Waals surface area contributed by atoms with Crippen molar-refractivity contribution in [2.24, 2.45) is 0 Å². The molecule has 0 saturated carbocycles. The minimum absolute atomic E-state index is 0.0445. The molecule has 4 aromatic carbocycles. The van der Waals surface area contributed by atoms with E-state index in [4.69, 9.17) is 0 Å². The number of anilines is 2. The quantitative estimate of drug-likeness (QED) is 0.0863. The lowest BCUT2D eigenvalue weighted by Crippen LogP contribution is -2.26. The Morgan fingerprint density at radius 1 is 0.458 bits per heavy atom. The van der Waals surface area contributed by atoms with Crippen LogP contribution >= 0.6 is 0 Å². The lowest BCUT2D eigenvalue weighted by molar-refractivity contribution is -0.117. The Hall–Kier alpha value is -5.24. The highest BCUT2D eigenvalue weighted by atomic mass is 16.2. The van der Waals surface area contributed by atoms with Crippen LogP contribution in [0.5, 0.6) is 0 Å². The minimum atomic E-state index is -0.160.